The average molecular weight is 392 g/mol. The smallest absolute Gasteiger partial charge is 0.213 e. The first-order valence-electron chi connectivity index (χ1n) is 9.62. The maximum absolute atomic E-state index is 15.0. The highest BCUT2D eigenvalue weighted by molar-refractivity contribution is 6.12. The highest BCUT2D eigenvalue weighted by Gasteiger charge is 2.26. The number of aryl methyl sites for hydroxylation is 1. The zero-order chi connectivity index (χ0) is 20.3. The summed E-state index contributed by atoms with van der Waals surface area (Å²) < 4.78 is 22.0. The molecule has 6 nitrogen and oxygen atoms in total. The fourth-order valence-electron chi connectivity index (χ4n) is 4.11. The predicted octanol–water partition coefficient (Wildman–Crippen LogP) is 4.72. The van der Waals surface area contributed by atoms with Crippen LogP contribution in [0.3, 0.4) is 0 Å². The van der Waals surface area contributed by atoms with E-state index in [2.05, 4.69) is 4.98 Å². The summed E-state index contributed by atoms with van der Waals surface area (Å²) in [4.78, 5) is 9.09. The molecular formula is C22H21FN4O2. The Hall–Kier alpha value is -3.35. The van der Waals surface area contributed by atoms with E-state index in [9.17, 15) is 9.50 Å². The molecule has 0 aliphatic heterocycles. The number of pyridine rings is 2. The highest BCUT2D eigenvalue weighted by Crippen LogP contribution is 2.43. The van der Waals surface area contributed by atoms with E-state index in [-0.39, 0.29) is 11.9 Å². The lowest BCUT2D eigenvalue weighted by molar-refractivity contribution is 0.283. The number of halogens is 1. The summed E-state index contributed by atoms with van der Waals surface area (Å²) in [6.07, 6.45) is 5.00. The van der Waals surface area contributed by atoms with Gasteiger partial charge in [-0.2, -0.15) is 0 Å². The van der Waals surface area contributed by atoms with Gasteiger partial charge in [0, 0.05) is 40.5 Å². The van der Waals surface area contributed by atoms with Gasteiger partial charge >= 0.3 is 0 Å². The number of hydrogen-bond acceptors (Lipinski definition) is 5. The Morgan fingerprint density at radius 3 is 2.66 bits per heavy atom. The van der Waals surface area contributed by atoms with Crippen molar-refractivity contribution in [1.82, 2.24) is 14.5 Å². The van der Waals surface area contributed by atoms with Gasteiger partial charge in [0.05, 0.1) is 29.2 Å². The van der Waals surface area contributed by atoms with Gasteiger partial charge in [-0.3, -0.25) is 0 Å². The van der Waals surface area contributed by atoms with E-state index in [0.29, 0.717) is 50.2 Å². The number of ether oxygens (including phenoxy) is 1. The van der Waals surface area contributed by atoms with Crippen molar-refractivity contribution >= 4 is 27.5 Å². The predicted molar refractivity (Wildman–Crippen MR) is 111 cm³/mol. The number of fused-ring (bicyclic) bond motifs is 2. The monoisotopic (exact) mass is 392 g/mol. The minimum Gasteiger partial charge on any atom is -0.494 e. The maximum Gasteiger partial charge on any atom is 0.213 e. The van der Waals surface area contributed by atoms with Crippen LogP contribution in [0.2, 0.25) is 0 Å². The van der Waals surface area contributed by atoms with E-state index in [4.69, 9.17) is 15.5 Å². The van der Waals surface area contributed by atoms with Crippen molar-refractivity contribution in [2.45, 2.75) is 32.2 Å². The van der Waals surface area contributed by atoms with Crippen LogP contribution in [0.4, 0.5) is 10.1 Å². The molecule has 0 radical (unpaired) electrons. The molecule has 7 heteroatoms. The molecule has 3 aromatic heterocycles. The van der Waals surface area contributed by atoms with Gasteiger partial charge < -0.3 is 20.1 Å². The van der Waals surface area contributed by atoms with Crippen molar-refractivity contribution < 1.29 is 14.2 Å². The van der Waals surface area contributed by atoms with Gasteiger partial charge in [0.1, 0.15) is 5.82 Å². The first-order chi connectivity index (χ1) is 14.0. The lowest BCUT2D eigenvalue weighted by Crippen LogP contribution is -2.15. The number of nitrogens with zero attached hydrogens (tertiary/aromatic N) is 3. The van der Waals surface area contributed by atoms with Crippen molar-refractivity contribution in [3.63, 3.8) is 0 Å². The van der Waals surface area contributed by atoms with E-state index in [1.807, 2.05) is 10.8 Å². The normalized spacial score (nSPS) is 14.4. The van der Waals surface area contributed by atoms with Crippen LogP contribution < -0.4 is 10.5 Å². The Morgan fingerprint density at radius 1 is 1.21 bits per heavy atom. The average Bonchev–Trinajstić information content (AvgIpc) is 2.97. The van der Waals surface area contributed by atoms with Gasteiger partial charge in [0.2, 0.25) is 11.8 Å². The molecule has 3 heterocycles. The lowest BCUT2D eigenvalue weighted by atomic mass is 9.93. The van der Waals surface area contributed by atoms with E-state index < -0.39 is 5.82 Å². The van der Waals surface area contributed by atoms with Crippen molar-refractivity contribution in [2.75, 3.05) is 12.8 Å². The van der Waals surface area contributed by atoms with Crippen molar-refractivity contribution in [3.05, 3.63) is 42.0 Å². The van der Waals surface area contributed by atoms with Crippen LogP contribution in [0, 0.1) is 12.7 Å². The molecule has 0 amide bonds. The van der Waals surface area contributed by atoms with Gasteiger partial charge in [-0.05, 0) is 44.4 Å². The SMILES string of the molecule is COc1ccc(-c2c(F)ccc3c(N)c4c(O)n(C5CCC5)cc4nc23)c(C)n1. The maximum atomic E-state index is 15.0. The number of nitrogens with two attached hydrogens (primary N) is 1. The first-order valence-corrected chi connectivity index (χ1v) is 9.62. The summed E-state index contributed by atoms with van der Waals surface area (Å²) in [5, 5.41) is 11.9. The molecule has 1 aliphatic rings. The highest BCUT2D eigenvalue weighted by atomic mass is 19.1. The van der Waals surface area contributed by atoms with Crippen molar-refractivity contribution in [3.8, 4) is 22.9 Å². The molecule has 1 fully saturated rings. The van der Waals surface area contributed by atoms with Gasteiger partial charge in [0.25, 0.3) is 0 Å². The Bertz CT molecular complexity index is 1280. The van der Waals surface area contributed by atoms with E-state index in [1.54, 1.807) is 25.1 Å². The van der Waals surface area contributed by atoms with Gasteiger partial charge in [-0.15, -0.1) is 0 Å². The molecule has 1 saturated carbocycles. The second-order valence-electron chi connectivity index (χ2n) is 7.54. The third-order valence-electron chi connectivity index (χ3n) is 5.91. The lowest BCUT2D eigenvalue weighted by Gasteiger charge is -2.27. The standard InChI is InChI=1S/C22H21FN4O2/c1-11-13(7-9-17(25-11)29-2)18-15(23)8-6-14-20(24)19-16(26-21(14)18)10-27(22(19)28)12-4-3-5-12/h6-10,12,28H,3-5,24H2,1-2H3. The van der Waals surface area contributed by atoms with Gasteiger partial charge in [0.15, 0.2) is 0 Å². The quantitative estimate of drug-likeness (QED) is 0.527. The number of methoxy groups -OCH3 is 1. The summed E-state index contributed by atoms with van der Waals surface area (Å²) in [5.41, 5.74) is 9.46. The van der Waals surface area contributed by atoms with Crippen LogP contribution in [0.1, 0.15) is 31.0 Å². The van der Waals surface area contributed by atoms with Crippen molar-refractivity contribution in [1.29, 1.82) is 0 Å². The number of benzene rings is 1. The summed E-state index contributed by atoms with van der Waals surface area (Å²) in [6.45, 7) is 1.80. The molecule has 0 unspecified atom stereocenters. The summed E-state index contributed by atoms with van der Waals surface area (Å²) in [5.74, 6) is 0.190. The number of rotatable bonds is 3. The summed E-state index contributed by atoms with van der Waals surface area (Å²) >= 11 is 0. The Morgan fingerprint density at radius 2 is 2.00 bits per heavy atom. The second-order valence-corrected chi connectivity index (χ2v) is 7.54. The zero-order valence-electron chi connectivity index (χ0n) is 16.2. The van der Waals surface area contributed by atoms with Crippen LogP contribution in [-0.4, -0.2) is 26.8 Å². The number of aromatic hydroxyl groups is 1. The van der Waals surface area contributed by atoms with Crippen LogP contribution in [-0.2, 0) is 0 Å². The molecule has 1 aromatic carbocycles. The van der Waals surface area contributed by atoms with Crippen LogP contribution in [0.15, 0.2) is 30.5 Å². The zero-order valence-corrected chi connectivity index (χ0v) is 16.2. The molecule has 4 aromatic rings. The van der Waals surface area contributed by atoms with E-state index in [1.165, 1.54) is 13.2 Å². The van der Waals surface area contributed by atoms with Gasteiger partial charge in [-0.1, -0.05) is 0 Å². The van der Waals surface area contributed by atoms with Gasteiger partial charge in [-0.25, -0.2) is 14.4 Å². The first kappa shape index (κ1) is 17.7. The number of hydrogen-bond donors (Lipinski definition) is 2. The minimum absolute atomic E-state index is 0.129. The Balaban J connectivity index is 1.82. The molecule has 3 N–H and O–H groups in total. The number of nitrogen functional groups attached to an aromatic ring is 1. The fraction of sp³-hybridized carbons (Fsp3) is 0.273. The van der Waals surface area contributed by atoms with Crippen LogP contribution in [0.5, 0.6) is 11.8 Å². The van der Waals surface area contributed by atoms with Crippen molar-refractivity contribution in [2.24, 2.45) is 0 Å². The number of aromatic nitrogens is 3. The summed E-state index contributed by atoms with van der Waals surface area (Å²) in [7, 11) is 1.54. The molecule has 0 atom stereocenters. The molecule has 0 spiro atoms. The molecule has 29 heavy (non-hydrogen) atoms. The largest absolute Gasteiger partial charge is 0.494 e. The number of anilines is 1. The van der Waals surface area contributed by atoms with E-state index in [0.717, 1.165) is 19.3 Å². The minimum atomic E-state index is -0.401. The molecule has 0 saturated heterocycles. The Kier molecular flexibility index (Phi) is 3.87. The topological polar surface area (TPSA) is 86.2 Å². The molecule has 1 aliphatic carbocycles. The van der Waals surface area contributed by atoms with Crippen LogP contribution >= 0.6 is 0 Å². The Labute approximate surface area is 166 Å². The third-order valence-corrected chi connectivity index (χ3v) is 5.91. The molecule has 148 valence electrons. The fourth-order valence-corrected chi connectivity index (χ4v) is 4.11. The third kappa shape index (κ3) is 2.53. The second kappa shape index (κ2) is 6.34. The summed E-state index contributed by atoms with van der Waals surface area (Å²) in [6, 6.07) is 6.73. The molecular weight excluding hydrogens is 371 g/mol. The van der Waals surface area contributed by atoms with Crippen LogP contribution in [0.25, 0.3) is 32.9 Å². The van der Waals surface area contributed by atoms with E-state index >= 15 is 0 Å². The molecule has 0 bridgehead atoms. The molecule has 5 rings (SSSR count).